The molecule has 0 aliphatic rings. The molecule has 0 spiro atoms. The molecule has 0 aliphatic carbocycles. The van der Waals surface area contributed by atoms with Crippen molar-refractivity contribution in [3.8, 4) is 0 Å². The summed E-state index contributed by atoms with van der Waals surface area (Å²) in [5.41, 5.74) is 3.03. The minimum Gasteiger partial charge on any atom is -0.481 e. The lowest BCUT2D eigenvalue weighted by Gasteiger charge is -2.05. The number of carbonyl (C=O) groups excluding carboxylic acids is 1. The van der Waals surface area contributed by atoms with Gasteiger partial charge in [-0.15, -0.1) is 0 Å². The molecule has 0 saturated heterocycles. The number of carbonyl (C=O) groups is 2. The molecule has 0 atom stereocenters. The van der Waals surface area contributed by atoms with Gasteiger partial charge in [0.15, 0.2) is 5.78 Å². The average molecular weight is 269 g/mol. The van der Waals surface area contributed by atoms with Crippen LogP contribution in [0.2, 0.25) is 0 Å². The predicted octanol–water partition coefficient (Wildman–Crippen LogP) is 2.44. The number of benzene rings is 1. The van der Waals surface area contributed by atoms with Crippen LogP contribution in [0.5, 0.6) is 0 Å². The van der Waals surface area contributed by atoms with E-state index in [1.807, 2.05) is 19.1 Å². The molecular weight excluding hydrogens is 254 g/mol. The van der Waals surface area contributed by atoms with Crippen LogP contribution in [0.4, 0.5) is 0 Å². The lowest BCUT2D eigenvalue weighted by atomic mass is 10.0. The lowest BCUT2D eigenvalue weighted by Crippen LogP contribution is -2.06. The van der Waals surface area contributed by atoms with E-state index in [1.165, 1.54) is 0 Å². The van der Waals surface area contributed by atoms with Crippen molar-refractivity contribution in [2.75, 3.05) is 0 Å². The first-order chi connectivity index (χ1) is 9.56. The molecule has 1 heterocycles. The summed E-state index contributed by atoms with van der Waals surface area (Å²) in [5, 5.41) is 8.70. The lowest BCUT2D eigenvalue weighted by molar-refractivity contribution is -0.136. The summed E-state index contributed by atoms with van der Waals surface area (Å²) in [5.74, 6) is -0.877. The first kappa shape index (κ1) is 13.9. The number of nitrogens with zero attached hydrogens (tertiary/aromatic N) is 1. The Labute approximate surface area is 117 Å². The number of carboxylic acid groups (broad SMARTS) is 1. The highest BCUT2D eigenvalue weighted by molar-refractivity contribution is 5.97. The summed E-state index contributed by atoms with van der Waals surface area (Å²) in [6, 6.07) is 10.4. The number of aromatic nitrogens is 1. The molecule has 0 amide bonds. The molecule has 0 unspecified atom stereocenters. The van der Waals surface area contributed by atoms with Gasteiger partial charge < -0.3 is 5.11 Å². The van der Waals surface area contributed by atoms with E-state index in [9.17, 15) is 9.59 Å². The Bertz CT molecular complexity index is 632. The van der Waals surface area contributed by atoms with Crippen molar-refractivity contribution in [3.05, 3.63) is 65.0 Å². The third kappa shape index (κ3) is 3.51. The highest BCUT2D eigenvalue weighted by Crippen LogP contribution is 2.11. The molecule has 4 heteroatoms. The van der Waals surface area contributed by atoms with Gasteiger partial charge in [-0.2, -0.15) is 0 Å². The molecule has 1 aromatic carbocycles. The van der Waals surface area contributed by atoms with Gasteiger partial charge in [-0.25, -0.2) is 0 Å². The number of rotatable bonds is 5. The van der Waals surface area contributed by atoms with Crippen molar-refractivity contribution < 1.29 is 14.7 Å². The summed E-state index contributed by atoms with van der Waals surface area (Å²) in [7, 11) is 0. The zero-order valence-electron chi connectivity index (χ0n) is 11.2. The van der Waals surface area contributed by atoms with Crippen LogP contribution in [-0.4, -0.2) is 21.8 Å². The maximum atomic E-state index is 12.2. The molecule has 102 valence electrons. The van der Waals surface area contributed by atoms with Crippen molar-refractivity contribution in [2.45, 2.75) is 19.8 Å². The maximum absolute atomic E-state index is 12.2. The highest BCUT2D eigenvalue weighted by Gasteiger charge is 2.09. The second-order valence-corrected chi connectivity index (χ2v) is 4.62. The Morgan fingerprint density at radius 1 is 1.10 bits per heavy atom. The van der Waals surface area contributed by atoms with Gasteiger partial charge in [-0.05, 0) is 24.1 Å². The molecule has 20 heavy (non-hydrogen) atoms. The Hall–Kier alpha value is -2.49. The molecule has 0 fully saturated rings. The van der Waals surface area contributed by atoms with Gasteiger partial charge in [0.2, 0.25) is 0 Å². The zero-order chi connectivity index (χ0) is 14.5. The van der Waals surface area contributed by atoms with Gasteiger partial charge in [0.05, 0.1) is 6.42 Å². The van der Waals surface area contributed by atoms with Crippen molar-refractivity contribution >= 4 is 11.8 Å². The van der Waals surface area contributed by atoms with Crippen LogP contribution in [0.1, 0.15) is 27.2 Å². The van der Waals surface area contributed by atoms with Gasteiger partial charge >= 0.3 is 5.97 Å². The molecular formula is C16H15NO3. The van der Waals surface area contributed by atoms with E-state index in [-0.39, 0.29) is 12.2 Å². The molecule has 0 bridgehead atoms. The molecule has 0 saturated carbocycles. The molecule has 0 radical (unpaired) electrons. The van der Waals surface area contributed by atoms with Gasteiger partial charge in [-0.1, -0.05) is 30.3 Å². The third-order valence-electron chi connectivity index (χ3n) is 3.10. The average Bonchev–Trinajstić information content (AvgIpc) is 2.41. The van der Waals surface area contributed by atoms with Crippen LogP contribution in [0.3, 0.4) is 0 Å². The van der Waals surface area contributed by atoms with Crippen molar-refractivity contribution in [2.24, 2.45) is 0 Å². The highest BCUT2D eigenvalue weighted by atomic mass is 16.4. The van der Waals surface area contributed by atoms with Crippen LogP contribution in [-0.2, 0) is 17.6 Å². The van der Waals surface area contributed by atoms with E-state index >= 15 is 0 Å². The standard InChI is InChI=1S/C16H15NO3/c1-11-14(3-2-8-17-11)10-15(18)13-6-4-12(5-7-13)9-16(19)20/h2-8H,9-10H2,1H3,(H,19,20). The maximum Gasteiger partial charge on any atom is 0.307 e. The number of Topliss-reactive ketones (excluding diaryl/α,β-unsaturated/α-hetero) is 1. The van der Waals surface area contributed by atoms with Crippen molar-refractivity contribution in [3.63, 3.8) is 0 Å². The molecule has 4 nitrogen and oxygen atoms in total. The summed E-state index contributed by atoms with van der Waals surface area (Å²) in [4.78, 5) is 26.9. The predicted molar refractivity (Wildman–Crippen MR) is 74.8 cm³/mol. The number of hydrogen-bond donors (Lipinski definition) is 1. The fraction of sp³-hybridized carbons (Fsp3) is 0.188. The van der Waals surface area contributed by atoms with E-state index in [4.69, 9.17) is 5.11 Å². The third-order valence-corrected chi connectivity index (χ3v) is 3.10. The van der Waals surface area contributed by atoms with E-state index in [2.05, 4.69) is 4.98 Å². The number of ketones is 1. The number of pyridine rings is 1. The number of aliphatic carboxylic acids is 1. The SMILES string of the molecule is Cc1ncccc1CC(=O)c1ccc(CC(=O)O)cc1. The van der Waals surface area contributed by atoms with E-state index in [1.54, 1.807) is 30.5 Å². The Morgan fingerprint density at radius 3 is 2.40 bits per heavy atom. The Balaban J connectivity index is 2.10. The summed E-state index contributed by atoms with van der Waals surface area (Å²) < 4.78 is 0. The van der Waals surface area contributed by atoms with E-state index in [0.717, 1.165) is 11.3 Å². The van der Waals surface area contributed by atoms with Crippen LogP contribution in [0, 0.1) is 6.92 Å². The number of aryl methyl sites for hydroxylation is 1. The second kappa shape index (κ2) is 6.10. The summed E-state index contributed by atoms with van der Waals surface area (Å²) in [6.07, 6.45) is 1.97. The second-order valence-electron chi connectivity index (χ2n) is 4.62. The van der Waals surface area contributed by atoms with Crippen LogP contribution >= 0.6 is 0 Å². The summed E-state index contributed by atoms with van der Waals surface area (Å²) >= 11 is 0. The quantitative estimate of drug-likeness (QED) is 0.846. The van der Waals surface area contributed by atoms with Gasteiger partial charge in [0, 0.05) is 23.9 Å². The first-order valence-electron chi connectivity index (χ1n) is 6.30. The topological polar surface area (TPSA) is 67.3 Å². The smallest absolute Gasteiger partial charge is 0.307 e. The Morgan fingerprint density at radius 2 is 1.80 bits per heavy atom. The van der Waals surface area contributed by atoms with Crippen LogP contribution < -0.4 is 0 Å². The van der Waals surface area contributed by atoms with Crippen LogP contribution in [0.15, 0.2) is 42.6 Å². The van der Waals surface area contributed by atoms with Crippen molar-refractivity contribution in [1.82, 2.24) is 4.98 Å². The monoisotopic (exact) mass is 269 g/mol. The summed E-state index contributed by atoms with van der Waals surface area (Å²) in [6.45, 7) is 1.87. The minimum atomic E-state index is -0.880. The number of hydrogen-bond acceptors (Lipinski definition) is 3. The number of carboxylic acids is 1. The fourth-order valence-corrected chi connectivity index (χ4v) is 1.96. The van der Waals surface area contributed by atoms with Crippen molar-refractivity contribution in [1.29, 1.82) is 0 Å². The van der Waals surface area contributed by atoms with E-state index in [0.29, 0.717) is 17.5 Å². The molecule has 2 rings (SSSR count). The minimum absolute atomic E-state index is 0.00275. The van der Waals surface area contributed by atoms with Gasteiger partial charge in [0.1, 0.15) is 0 Å². The Kier molecular flexibility index (Phi) is 4.25. The molecule has 2 aromatic rings. The molecule has 1 N–H and O–H groups in total. The van der Waals surface area contributed by atoms with Crippen LogP contribution in [0.25, 0.3) is 0 Å². The largest absolute Gasteiger partial charge is 0.481 e. The van der Waals surface area contributed by atoms with E-state index < -0.39 is 5.97 Å². The van der Waals surface area contributed by atoms with Gasteiger partial charge in [-0.3, -0.25) is 14.6 Å². The normalized spacial score (nSPS) is 10.2. The molecule has 0 aliphatic heterocycles. The van der Waals surface area contributed by atoms with Gasteiger partial charge in [0.25, 0.3) is 0 Å². The zero-order valence-corrected chi connectivity index (χ0v) is 11.2. The first-order valence-corrected chi connectivity index (χ1v) is 6.30. The molecule has 1 aromatic heterocycles. The fourth-order valence-electron chi connectivity index (χ4n) is 1.96.